The second-order valence-corrected chi connectivity index (χ2v) is 5.87. The lowest BCUT2D eigenvalue weighted by Crippen LogP contribution is -2.38. The highest BCUT2D eigenvalue weighted by molar-refractivity contribution is 5.79. The Balaban J connectivity index is 1.58. The minimum absolute atomic E-state index is 0.0815. The smallest absolute Gasteiger partial charge is 0.269 e. The van der Waals surface area contributed by atoms with E-state index in [1.165, 1.54) is 12.1 Å². The summed E-state index contributed by atoms with van der Waals surface area (Å²) in [7, 11) is 3.66. The Kier molecular flexibility index (Phi) is 5.21. The third-order valence-corrected chi connectivity index (χ3v) is 4.03. The Morgan fingerprint density at radius 2 is 1.88 bits per heavy atom. The number of nitrogens with zero attached hydrogens (tertiary/aromatic N) is 3. The quantitative estimate of drug-likeness (QED) is 0.383. The molecule has 0 radical (unpaired) electrons. The molecule has 0 aromatic heterocycles. The number of rotatable bonds is 5. The molecule has 0 saturated carbocycles. The van der Waals surface area contributed by atoms with Crippen molar-refractivity contribution in [2.75, 3.05) is 20.9 Å². The highest BCUT2D eigenvalue weighted by Crippen LogP contribution is 2.32. The minimum atomic E-state index is -0.407. The highest BCUT2D eigenvalue weighted by Gasteiger charge is 2.14. The maximum Gasteiger partial charge on any atom is 0.269 e. The summed E-state index contributed by atoms with van der Waals surface area (Å²) in [5, 5.41) is 14.0. The van der Waals surface area contributed by atoms with Gasteiger partial charge in [0.2, 0.25) is 6.79 Å². The summed E-state index contributed by atoms with van der Waals surface area (Å²) in [6, 6.07) is 12.3. The number of non-ortho nitro benzene ring substituents is 1. The molecule has 0 unspecified atom stereocenters. The Morgan fingerprint density at radius 1 is 1.19 bits per heavy atom. The molecule has 8 nitrogen and oxygen atoms in total. The second-order valence-electron chi connectivity index (χ2n) is 5.87. The van der Waals surface area contributed by atoms with Crippen LogP contribution in [0.2, 0.25) is 0 Å². The summed E-state index contributed by atoms with van der Waals surface area (Å²) in [5.74, 6) is 2.24. The molecule has 26 heavy (non-hydrogen) atoms. The average molecular weight is 356 g/mol. The van der Waals surface area contributed by atoms with E-state index in [1.54, 1.807) is 19.2 Å². The SMILES string of the molecule is CN=C(NCc1ccc([N+](=O)[O-])cc1)N(C)Cc1ccc2c(c1)OCO2. The van der Waals surface area contributed by atoms with E-state index in [2.05, 4.69) is 10.3 Å². The van der Waals surface area contributed by atoms with Crippen molar-refractivity contribution >= 4 is 11.6 Å². The molecule has 0 fully saturated rings. The van der Waals surface area contributed by atoms with Gasteiger partial charge >= 0.3 is 0 Å². The van der Waals surface area contributed by atoms with Gasteiger partial charge in [0.15, 0.2) is 17.5 Å². The van der Waals surface area contributed by atoms with Crippen molar-refractivity contribution < 1.29 is 14.4 Å². The lowest BCUT2D eigenvalue weighted by Gasteiger charge is -2.22. The number of hydrogen-bond acceptors (Lipinski definition) is 5. The maximum absolute atomic E-state index is 10.7. The number of aliphatic imine (C=N–C) groups is 1. The van der Waals surface area contributed by atoms with E-state index in [0.717, 1.165) is 28.6 Å². The normalized spacial score (nSPS) is 12.8. The molecule has 1 heterocycles. The van der Waals surface area contributed by atoms with Gasteiger partial charge in [0.1, 0.15) is 0 Å². The Bertz CT molecular complexity index is 820. The van der Waals surface area contributed by atoms with E-state index < -0.39 is 4.92 Å². The molecule has 1 aliphatic heterocycles. The number of nitro groups is 1. The highest BCUT2D eigenvalue weighted by atomic mass is 16.7. The molecule has 1 N–H and O–H groups in total. The molecule has 0 bridgehead atoms. The van der Waals surface area contributed by atoms with Crippen molar-refractivity contribution in [3.63, 3.8) is 0 Å². The van der Waals surface area contributed by atoms with E-state index in [0.29, 0.717) is 13.1 Å². The molecule has 1 aliphatic rings. The molecule has 0 saturated heterocycles. The van der Waals surface area contributed by atoms with Crippen LogP contribution in [0.1, 0.15) is 11.1 Å². The van der Waals surface area contributed by atoms with Crippen LogP contribution in [-0.4, -0.2) is 36.7 Å². The first kappa shape index (κ1) is 17.5. The van der Waals surface area contributed by atoms with Crippen LogP contribution in [0.4, 0.5) is 5.69 Å². The van der Waals surface area contributed by atoms with Crippen molar-refractivity contribution in [1.82, 2.24) is 10.2 Å². The van der Waals surface area contributed by atoms with Crippen molar-refractivity contribution in [3.05, 3.63) is 63.7 Å². The van der Waals surface area contributed by atoms with Gasteiger partial charge in [0, 0.05) is 39.3 Å². The van der Waals surface area contributed by atoms with Gasteiger partial charge in [-0.15, -0.1) is 0 Å². The first-order chi connectivity index (χ1) is 12.6. The molecule has 0 atom stereocenters. The number of nitrogens with one attached hydrogen (secondary N) is 1. The first-order valence-electron chi connectivity index (χ1n) is 8.10. The molecule has 3 rings (SSSR count). The van der Waals surface area contributed by atoms with Crippen molar-refractivity contribution in [2.24, 2.45) is 4.99 Å². The van der Waals surface area contributed by atoms with Crippen molar-refractivity contribution in [2.45, 2.75) is 13.1 Å². The average Bonchev–Trinajstić information content (AvgIpc) is 3.10. The summed E-state index contributed by atoms with van der Waals surface area (Å²) >= 11 is 0. The van der Waals surface area contributed by atoms with Gasteiger partial charge in [-0.1, -0.05) is 18.2 Å². The number of hydrogen-bond donors (Lipinski definition) is 1. The first-order valence-corrected chi connectivity index (χ1v) is 8.10. The fraction of sp³-hybridized carbons (Fsp3) is 0.278. The van der Waals surface area contributed by atoms with Crippen LogP contribution < -0.4 is 14.8 Å². The molecule has 8 heteroatoms. The number of nitro benzene ring substituents is 1. The van der Waals surface area contributed by atoms with Gasteiger partial charge in [-0.3, -0.25) is 15.1 Å². The standard InChI is InChI=1S/C18H20N4O4/c1-19-18(20-10-13-3-6-15(7-4-13)22(23)24)21(2)11-14-5-8-16-17(9-14)26-12-25-16/h3-9H,10-12H2,1-2H3,(H,19,20). The Morgan fingerprint density at radius 3 is 2.58 bits per heavy atom. The van der Waals surface area contributed by atoms with E-state index in [-0.39, 0.29) is 12.5 Å². The van der Waals surface area contributed by atoms with Crippen LogP contribution >= 0.6 is 0 Å². The third-order valence-electron chi connectivity index (χ3n) is 4.03. The van der Waals surface area contributed by atoms with Crippen LogP contribution in [0.25, 0.3) is 0 Å². The number of benzene rings is 2. The van der Waals surface area contributed by atoms with E-state index >= 15 is 0 Å². The Labute approximate surface area is 151 Å². The van der Waals surface area contributed by atoms with E-state index in [9.17, 15) is 10.1 Å². The topological polar surface area (TPSA) is 89.2 Å². The summed E-state index contributed by atoms with van der Waals surface area (Å²) in [6.45, 7) is 1.43. The maximum atomic E-state index is 10.7. The van der Waals surface area contributed by atoms with Gasteiger partial charge in [-0.25, -0.2) is 0 Å². The zero-order chi connectivity index (χ0) is 18.5. The van der Waals surface area contributed by atoms with E-state index in [4.69, 9.17) is 9.47 Å². The van der Waals surface area contributed by atoms with Crippen LogP contribution in [-0.2, 0) is 13.1 Å². The minimum Gasteiger partial charge on any atom is -0.454 e. The summed E-state index contributed by atoms with van der Waals surface area (Å²) in [4.78, 5) is 16.6. The van der Waals surface area contributed by atoms with E-state index in [1.807, 2.05) is 30.1 Å². The molecule has 0 amide bonds. The van der Waals surface area contributed by atoms with Crippen LogP contribution in [0.5, 0.6) is 11.5 Å². The molecular formula is C18H20N4O4. The Hall–Kier alpha value is -3.29. The van der Waals surface area contributed by atoms with Crippen molar-refractivity contribution in [1.29, 1.82) is 0 Å². The second kappa shape index (κ2) is 7.73. The number of ether oxygens (including phenoxy) is 2. The largest absolute Gasteiger partial charge is 0.454 e. The molecule has 0 spiro atoms. The van der Waals surface area contributed by atoms with Gasteiger partial charge in [-0.05, 0) is 23.3 Å². The van der Waals surface area contributed by atoms with Crippen LogP contribution in [0.15, 0.2) is 47.5 Å². The van der Waals surface area contributed by atoms with Gasteiger partial charge in [0.05, 0.1) is 4.92 Å². The van der Waals surface area contributed by atoms with Crippen LogP contribution in [0, 0.1) is 10.1 Å². The number of fused-ring (bicyclic) bond motifs is 1. The number of guanidine groups is 1. The van der Waals surface area contributed by atoms with Crippen molar-refractivity contribution in [3.8, 4) is 11.5 Å². The van der Waals surface area contributed by atoms with Gasteiger partial charge in [-0.2, -0.15) is 0 Å². The third kappa shape index (κ3) is 4.02. The molecule has 2 aromatic rings. The zero-order valence-electron chi connectivity index (χ0n) is 14.6. The fourth-order valence-corrected chi connectivity index (χ4v) is 2.69. The molecule has 136 valence electrons. The monoisotopic (exact) mass is 356 g/mol. The predicted molar refractivity (Wildman–Crippen MR) is 97.3 cm³/mol. The lowest BCUT2D eigenvalue weighted by atomic mass is 10.2. The molecule has 0 aliphatic carbocycles. The molecular weight excluding hydrogens is 336 g/mol. The summed E-state index contributed by atoms with van der Waals surface area (Å²) < 4.78 is 10.7. The zero-order valence-corrected chi connectivity index (χ0v) is 14.6. The van der Waals surface area contributed by atoms with Gasteiger partial charge < -0.3 is 19.7 Å². The summed E-state index contributed by atoms with van der Waals surface area (Å²) in [6.07, 6.45) is 0. The predicted octanol–water partition coefficient (Wildman–Crippen LogP) is 2.53. The fourth-order valence-electron chi connectivity index (χ4n) is 2.69. The van der Waals surface area contributed by atoms with Crippen LogP contribution in [0.3, 0.4) is 0 Å². The molecule has 2 aromatic carbocycles. The lowest BCUT2D eigenvalue weighted by molar-refractivity contribution is -0.384. The summed E-state index contributed by atoms with van der Waals surface area (Å²) in [5.41, 5.74) is 2.10. The van der Waals surface area contributed by atoms with Gasteiger partial charge in [0.25, 0.3) is 5.69 Å².